The molecular formula is C24H33N3O5S. The van der Waals surface area contributed by atoms with Gasteiger partial charge in [-0.1, -0.05) is 30.3 Å². The van der Waals surface area contributed by atoms with E-state index >= 15 is 0 Å². The van der Waals surface area contributed by atoms with Gasteiger partial charge in [-0.3, -0.25) is 4.79 Å². The first-order valence-electron chi connectivity index (χ1n) is 11.3. The van der Waals surface area contributed by atoms with Crippen LogP contribution in [0, 0.1) is 0 Å². The van der Waals surface area contributed by atoms with Crippen LogP contribution in [0.1, 0.15) is 12.5 Å². The molecule has 1 heterocycles. The highest BCUT2D eigenvalue weighted by Crippen LogP contribution is 2.17. The van der Waals surface area contributed by atoms with Crippen molar-refractivity contribution < 1.29 is 22.7 Å². The van der Waals surface area contributed by atoms with E-state index in [0.29, 0.717) is 38.5 Å². The van der Waals surface area contributed by atoms with Gasteiger partial charge in [-0.15, -0.1) is 0 Å². The summed E-state index contributed by atoms with van der Waals surface area (Å²) in [4.78, 5) is 14.3. The Morgan fingerprint density at radius 2 is 1.58 bits per heavy atom. The molecule has 1 aliphatic rings. The van der Waals surface area contributed by atoms with Gasteiger partial charge in [-0.2, -0.15) is 4.31 Å². The van der Waals surface area contributed by atoms with Gasteiger partial charge in [0, 0.05) is 39.3 Å². The van der Waals surface area contributed by atoms with Gasteiger partial charge in [0.05, 0.1) is 12.4 Å². The summed E-state index contributed by atoms with van der Waals surface area (Å²) in [7, 11) is -3.41. The molecule has 180 valence electrons. The third kappa shape index (κ3) is 8.34. The van der Waals surface area contributed by atoms with E-state index in [2.05, 4.69) is 22.3 Å². The summed E-state index contributed by atoms with van der Waals surface area (Å²) in [5.41, 5.74) is 1.29. The predicted molar refractivity (Wildman–Crippen MR) is 128 cm³/mol. The average Bonchev–Trinajstić information content (AvgIpc) is 2.83. The van der Waals surface area contributed by atoms with E-state index in [0.717, 1.165) is 18.7 Å². The Morgan fingerprint density at radius 1 is 0.939 bits per heavy atom. The van der Waals surface area contributed by atoms with E-state index in [-0.39, 0.29) is 24.8 Å². The highest BCUT2D eigenvalue weighted by atomic mass is 32.2. The molecule has 0 radical (unpaired) electrons. The molecule has 8 nitrogen and oxygen atoms in total. The summed E-state index contributed by atoms with van der Waals surface area (Å²) >= 11 is 0. The fourth-order valence-corrected chi connectivity index (χ4v) is 4.95. The first-order chi connectivity index (χ1) is 16.0. The zero-order chi connectivity index (χ0) is 23.5. The molecule has 2 aromatic carbocycles. The maximum Gasteiger partial charge on any atom is 0.257 e. The van der Waals surface area contributed by atoms with Crippen LogP contribution >= 0.6 is 0 Å². The second-order valence-corrected chi connectivity index (χ2v) is 9.92. The monoisotopic (exact) mass is 475 g/mol. The lowest BCUT2D eigenvalue weighted by Gasteiger charge is -2.34. The Hall–Kier alpha value is -2.62. The van der Waals surface area contributed by atoms with Gasteiger partial charge in [0.2, 0.25) is 10.0 Å². The van der Waals surface area contributed by atoms with Crippen LogP contribution < -0.4 is 14.8 Å². The Kier molecular flexibility index (Phi) is 9.53. The van der Waals surface area contributed by atoms with Gasteiger partial charge in [0.1, 0.15) is 11.5 Å². The van der Waals surface area contributed by atoms with Gasteiger partial charge >= 0.3 is 0 Å². The number of amides is 1. The van der Waals surface area contributed by atoms with Gasteiger partial charge in [0.25, 0.3) is 5.91 Å². The molecule has 33 heavy (non-hydrogen) atoms. The average molecular weight is 476 g/mol. The molecule has 2 aromatic rings. The van der Waals surface area contributed by atoms with Crippen LogP contribution in [0.15, 0.2) is 54.6 Å². The topological polar surface area (TPSA) is 88.2 Å². The van der Waals surface area contributed by atoms with Crippen molar-refractivity contribution in [2.45, 2.75) is 13.3 Å². The lowest BCUT2D eigenvalue weighted by molar-refractivity contribution is -0.122. The lowest BCUT2D eigenvalue weighted by atomic mass is 10.1. The third-order valence-corrected chi connectivity index (χ3v) is 7.34. The Morgan fingerprint density at radius 3 is 2.21 bits per heavy atom. The van der Waals surface area contributed by atoms with Crippen molar-refractivity contribution in [1.82, 2.24) is 14.5 Å². The molecule has 0 aromatic heterocycles. The van der Waals surface area contributed by atoms with Gasteiger partial charge < -0.3 is 19.7 Å². The molecule has 0 saturated carbocycles. The molecule has 0 atom stereocenters. The van der Waals surface area contributed by atoms with Crippen LogP contribution in [0.5, 0.6) is 11.5 Å². The van der Waals surface area contributed by atoms with Crippen LogP contribution in [0.4, 0.5) is 0 Å². The zero-order valence-corrected chi connectivity index (χ0v) is 19.9. The van der Waals surface area contributed by atoms with Crippen LogP contribution in [-0.4, -0.2) is 81.8 Å². The largest absolute Gasteiger partial charge is 0.494 e. The number of hydrogen-bond donors (Lipinski definition) is 1. The highest BCUT2D eigenvalue weighted by Gasteiger charge is 2.26. The first kappa shape index (κ1) is 25.0. The van der Waals surface area contributed by atoms with E-state index in [9.17, 15) is 13.2 Å². The lowest BCUT2D eigenvalue weighted by Crippen LogP contribution is -2.50. The molecule has 1 aliphatic heterocycles. The molecule has 0 aliphatic carbocycles. The minimum Gasteiger partial charge on any atom is -0.494 e. The fourth-order valence-electron chi connectivity index (χ4n) is 3.61. The molecule has 3 rings (SSSR count). The van der Waals surface area contributed by atoms with Crippen molar-refractivity contribution in [3.8, 4) is 11.5 Å². The van der Waals surface area contributed by atoms with Crippen molar-refractivity contribution in [2.24, 2.45) is 0 Å². The second kappa shape index (κ2) is 12.6. The normalized spacial score (nSPS) is 15.2. The zero-order valence-electron chi connectivity index (χ0n) is 19.1. The van der Waals surface area contributed by atoms with Crippen molar-refractivity contribution in [3.63, 3.8) is 0 Å². The van der Waals surface area contributed by atoms with E-state index in [1.54, 1.807) is 24.3 Å². The van der Waals surface area contributed by atoms with Crippen LogP contribution in [0.2, 0.25) is 0 Å². The molecule has 0 spiro atoms. The SMILES string of the molecule is CCOc1ccc(OCC(=O)NCCS(=O)(=O)N2CCN(CCc3ccccc3)CC2)cc1. The molecule has 1 N–H and O–H groups in total. The predicted octanol–water partition coefficient (Wildman–Crippen LogP) is 1.77. The molecule has 0 bridgehead atoms. The standard InChI is InChI=1S/C24H33N3O5S/c1-2-31-22-8-10-23(11-9-22)32-20-24(28)25-13-19-33(29,30)27-17-15-26(16-18-27)14-12-21-6-4-3-5-7-21/h3-11H,2,12-20H2,1H3,(H,25,28). The maximum absolute atomic E-state index is 12.6. The summed E-state index contributed by atoms with van der Waals surface area (Å²) < 4.78 is 37.6. The minimum absolute atomic E-state index is 0.0576. The van der Waals surface area contributed by atoms with Crippen LogP contribution in [-0.2, 0) is 21.2 Å². The molecular weight excluding hydrogens is 442 g/mol. The van der Waals surface area contributed by atoms with Crippen molar-refractivity contribution in [2.75, 3.05) is 58.2 Å². The van der Waals surface area contributed by atoms with E-state index < -0.39 is 10.0 Å². The summed E-state index contributed by atoms with van der Waals surface area (Å²) in [5.74, 6) is 0.805. The number of sulfonamides is 1. The van der Waals surface area contributed by atoms with Crippen molar-refractivity contribution >= 4 is 15.9 Å². The quantitative estimate of drug-likeness (QED) is 0.503. The number of piperazine rings is 1. The van der Waals surface area contributed by atoms with Crippen molar-refractivity contribution in [3.05, 3.63) is 60.2 Å². The van der Waals surface area contributed by atoms with Gasteiger partial charge in [-0.05, 0) is 43.2 Å². The summed E-state index contributed by atoms with van der Waals surface area (Å²) in [5, 5.41) is 2.62. The fraction of sp³-hybridized carbons (Fsp3) is 0.458. The highest BCUT2D eigenvalue weighted by molar-refractivity contribution is 7.89. The number of carbonyl (C=O) groups is 1. The smallest absolute Gasteiger partial charge is 0.257 e. The number of rotatable bonds is 12. The van der Waals surface area contributed by atoms with E-state index in [1.807, 2.05) is 25.1 Å². The molecule has 1 fully saturated rings. The number of benzene rings is 2. The Bertz CT molecular complexity index is 959. The number of hydrogen-bond acceptors (Lipinski definition) is 6. The molecule has 1 amide bonds. The van der Waals surface area contributed by atoms with Crippen molar-refractivity contribution in [1.29, 1.82) is 0 Å². The third-order valence-electron chi connectivity index (χ3n) is 5.47. The second-order valence-electron chi connectivity index (χ2n) is 7.84. The van der Waals surface area contributed by atoms with Gasteiger partial charge in [0.15, 0.2) is 6.61 Å². The first-order valence-corrected chi connectivity index (χ1v) is 12.9. The number of ether oxygens (including phenoxy) is 2. The van der Waals surface area contributed by atoms with Crippen LogP contribution in [0.25, 0.3) is 0 Å². The summed E-state index contributed by atoms with van der Waals surface area (Å²) in [6, 6.07) is 17.3. The van der Waals surface area contributed by atoms with Crippen LogP contribution in [0.3, 0.4) is 0 Å². The summed E-state index contributed by atoms with van der Waals surface area (Å²) in [6.45, 7) is 5.68. The van der Waals surface area contributed by atoms with E-state index in [1.165, 1.54) is 9.87 Å². The number of nitrogens with one attached hydrogen (secondary N) is 1. The van der Waals surface area contributed by atoms with E-state index in [4.69, 9.17) is 9.47 Å². The Balaban J connectivity index is 1.32. The molecule has 0 unspecified atom stereocenters. The Labute approximate surface area is 196 Å². The maximum atomic E-state index is 12.6. The number of carbonyl (C=O) groups excluding carboxylic acids is 1. The van der Waals surface area contributed by atoms with Gasteiger partial charge in [-0.25, -0.2) is 8.42 Å². The number of nitrogens with zero attached hydrogens (tertiary/aromatic N) is 2. The molecule has 1 saturated heterocycles. The molecule has 9 heteroatoms. The minimum atomic E-state index is -3.41. The summed E-state index contributed by atoms with van der Waals surface area (Å²) in [6.07, 6.45) is 0.957.